The van der Waals surface area contributed by atoms with E-state index in [0.29, 0.717) is 35.0 Å². The number of likely N-dealkylation sites (N-methyl/N-ethyl adjacent to an activating group) is 1. The summed E-state index contributed by atoms with van der Waals surface area (Å²) in [6.45, 7) is 1.39. The summed E-state index contributed by atoms with van der Waals surface area (Å²) in [5, 5.41) is 0.727. The Hall–Kier alpha value is -3.97. The maximum Gasteiger partial charge on any atom is 0.380 e. The fourth-order valence-corrected chi connectivity index (χ4v) is 3.50. The molecule has 4 aromatic rings. The standard InChI is InChI=1S/C27H27NO6/c1-28(2)15-16-32-20-7-5-18(6-8-20)25-23-14-13-22(31-4)17-24(23)34-27(29)26(25)33-21-11-9-19(30-3)10-12-21/h5-14,17H,15-16H2,1-4H3. The van der Waals surface area contributed by atoms with E-state index in [1.807, 2.05) is 50.5 Å². The molecule has 0 amide bonds. The van der Waals surface area contributed by atoms with Gasteiger partial charge in [0.05, 0.1) is 14.2 Å². The summed E-state index contributed by atoms with van der Waals surface area (Å²) in [5.41, 5.74) is 1.25. The maximum absolute atomic E-state index is 13.0. The molecule has 3 aromatic carbocycles. The highest BCUT2D eigenvalue weighted by molar-refractivity contribution is 5.97. The van der Waals surface area contributed by atoms with Gasteiger partial charge in [0.2, 0.25) is 5.75 Å². The summed E-state index contributed by atoms with van der Waals surface area (Å²) >= 11 is 0. The zero-order chi connectivity index (χ0) is 24.1. The van der Waals surface area contributed by atoms with Gasteiger partial charge in [-0.2, -0.15) is 0 Å². The van der Waals surface area contributed by atoms with Crippen LogP contribution >= 0.6 is 0 Å². The lowest BCUT2D eigenvalue weighted by atomic mass is 10.0. The second-order valence-corrected chi connectivity index (χ2v) is 7.91. The molecule has 0 spiro atoms. The third-order valence-corrected chi connectivity index (χ3v) is 5.30. The Morgan fingerprint density at radius 2 is 1.41 bits per heavy atom. The first kappa shape index (κ1) is 23.2. The molecule has 0 atom stereocenters. The van der Waals surface area contributed by atoms with Crippen LogP contribution in [0.15, 0.2) is 75.9 Å². The zero-order valence-electron chi connectivity index (χ0n) is 19.7. The first-order valence-corrected chi connectivity index (χ1v) is 10.8. The van der Waals surface area contributed by atoms with Crippen molar-refractivity contribution in [3.05, 3.63) is 77.2 Å². The summed E-state index contributed by atoms with van der Waals surface area (Å²) in [6, 6.07) is 20.0. The highest BCUT2D eigenvalue weighted by Crippen LogP contribution is 2.38. The largest absolute Gasteiger partial charge is 0.497 e. The minimum Gasteiger partial charge on any atom is -0.497 e. The van der Waals surface area contributed by atoms with E-state index in [2.05, 4.69) is 4.90 Å². The Morgan fingerprint density at radius 3 is 2.06 bits per heavy atom. The lowest BCUT2D eigenvalue weighted by molar-refractivity contribution is 0.261. The van der Waals surface area contributed by atoms with Crippen LogP contribution in [0.1, 0.15) is 0 Å². The Bertz CT molecular complexity index is 1310. The maximum atomic E-state index is 13.0. The minimum atomic E-state index is -0.585. The van der Waals surface area contributed by atoms with Gasteiger partial charge in [-0.1, -0.05) is 12.1 Å². The topological polar surface area (TPSA) is 70.4 Å². The molecule has 4 rings (SSSR count). The molecule has 1 heterocycles. The van der Waals surface area contributed by atoms with Crippen LogP contribution in [0.4, 0.5) is 0 Å². The van der Waals surface area contributed by atoms with Crippen molar-refractivity contribution in [2.75, 3.05) is 41.5 Å². The van der Waals surface area contributed by atoms with Crippen LogP contribution in [-0.4, -0.2) is 46.4 Å². The zero-order valence-corrected chi connectivity index (χ0v) is 19.7. The highest BCUT2D eigenvalue weighted by atomic mass is 16.5. The third kappa shape index (κ3) is 5.15. The molecule has 176 valence electrons. The second kappa shape index (κ2) is 10.3. The normalized spacial score (nSPS) is 11.0. The van der Waals surface area contributed by atoms with E-state index < -0.39 is 5.63 Å². The average molecular weight is 462 g/mol. The molecule has 0 aliphatic heterocycles. The van der Waals surface area contributed by atoms with Gasteiger partial charge in [-0.3, -0.25) is 0 Å². The van der Waals surface area contributed by atoms with Gasteiger partial charge in [-0.05, 0) is 68.2 Å². The monoisotopic (exact) mass is 461 g/mol. The third-order valence-electron chi connectivity index (χ3n) is 5.30. The molecule has 0 saturated carbocycles. The van der Waals surface area contributed by atoms with E-state index in [4.69, 9.17) is 23.4 Å². The first-order chi connectivity index (χ1) is 16.5. The minimum absolute atomic E-state index is 0.101. The molecule has 0 unspecified atom stereocenters. The van der Waals surface area contributed by atoms with Crippen molar-refractivity contribution in [3.63, 3.8) is 0 Å². The van der Waals surface area contributed by atoms with Crippen molar-refractivity contribution < 1.29 is 23.4 Å². The Labute approximate surface area is 198 Å². The number of hydrogen-bond acceptors (Lipinski definition) is 7. The van der Waals surface area contributed by atoms with Crippen molar-refractivity contribution in [1.82, 2.24) is 4.90 Å². The molecule has 0 N–H and O–H groups in total. The van der Waals surface area contributed by atoms with Crippen LogP contribution in [0.25, 0.3) is 22.1 Å². The first-order valence-electron chi connectivity index (χ1n) is 10.8. The summed E-state index contributed by atoms with van der Waals surface area (Å²) < 4.78 is 28.0. The molecule has 7 heteroatoms. The van der Waals surface area contributed by atoms with Gasteiger partial charge in [-0.15, -0.1) is 0 Å². The predicted octanol–water partition coefficient (Wildman–Crippen LogP) is 5.21. The van der Waals surface area contributed by atoms with E-state index in [1.165, 1.54) is 0 Å². The summed E-state index contributed by atoms with van der Waals surface area (Å²) in [5.74, 6) is 2.62. The van der Waals surface area contributed by atoms with Crippen molar-refractivity contribution in [1.29, 1.82) is 0 Å². The van der Waals surface area contributed by atoms with E-state index in [9.17, 15) is 4.79 Å². The van der Waals surface area contributed by atoms with Crippen molar-refractivity contribution in [2.24, 2.45) is 0 Å². The molecule has 0 saturated heterocycles. The Balaban J connectivity index is 1.78. The molecular weight excluding hydrogens is 434 g/mol. The van der Waals surface area contributed by atoms with E-state index in [0.717, 1.165) is 23.2 Å². The number of ether oxygens (including phenoxy) is 4. The number of methoxy groups -OCH3 is 2. The van der Waals surface area contributed by atoms with E-state index >= 15 is 0 Å². The van der Waals surface area contributed by atoms with Gasteiger partial charge in [0.1, 0.15) is 35.2 Å². The molecule has 34 heavy (non-hydrogen) atoms. The van der Waals surface area contributed by atoms with Crippen LogP contribution in [0.5, 0.6) is 28.7 Å². The SMILES string of the molecule is COc1ccc(Oc2c(-c3ccc(OCCN(C)C)cc3)c3ccc(OC)cc3oc2=O)cc1. The van der Waals surface area contributed by atoms with Crippen LogP contribution < -0.4 is 24.6 Å². The molecule has 1 aromatic heterocycles. The van der Waals surface area contributed by atoms with Crippen LogP contribution in [0.2, 0.25) is 0 Å². The van der Waals surface area contributed by atoms with Gasteiger partial charge in [0.25, 0.3) is 0 Å². The molecule has 7 nitrogen and oxygen atoms in total. The summed E-state index contributed by atoms with van der Waals surface area (Å²) in [7, 11) is 7.15. The predicted molar refractivity (Wildman–Crippen MR) is 132 cm³/mol. The fraction of sp³-hybridized carbons (Fsp3) is 0.222. The summed E-state index contributed by atoms with van der Waals surface area (Å²) in [4.78, 5) is 15.1. The van der Waals surface area contributed by atoms with Crippen molar-refractivity contribution >= 4 is 11.0 Å². The quantitative estimate of drug-likeness (QED) is 0.317. The fourth-order valence-electron chi connectivity index (χ4n) is 3.50. The molecule has 0 aliphatic carbocycles. The number of fused-ring (bicyclic) bond motifs is 1. The molecular formula is C27H27NO6. The molecule has 0 radical (unpaired) electrons. The number of hydrogen-bond donors (Lipinski definition) is 0. The van der Waals surface area contributed by atoms with Gasteiger partial charge >= 0.3 is 5.63 Å². The van der Waals surface area contributed by atoms with Crippen LogP contribution in [-0.2, 0) is 0 Å². The number of rotatable bonds is 9. The van der Waals surface area contributed by atoms with Crippen molar-refractivity contribution in [3.8, 4) is 39.9 Å². The second-order valence-electron chi connectivity index (χ2n) is 7.91. The van der Waals surface area contributed by atoms with E-state index in [1.54, 1.807) is 44.6 Å². The molecule has 0 bridgehead atoms. The molecule has 0 fully saturated rings. The summed E-state index contributed by atoms with van der Waals surface area (Å²) in [6.07, 6.45) is 0. The lowest BCUT2D eigenvalue weighted by Crippen LogP contribution is -2.19. The van der Waals surface area contributed by atoms with Gasteiger partial charge < -0.3 is 28.3 Å². The van der Waals surface area contributed by atoms with Gasteiger partial charge in [0, 0.05) is 23.6 Å². The lowest BCUT2D eigenvalue weighted by Gasteiger charge is -2.15. The van der Waals surface area contributed by atoms with Crippen molar-refractivity contribution in [2.45, 2.75) is 0 Å². The highest BCUT2D eigenvalue weighted by Gasteiger charge is 2.19. The Kier molecular flexibility index (Phi) is 7.04. The molecule has 0 aliphatic rings. The Morgan fingerprint density at radius 1 is 0.794 bits per heavy atom. The van der Waals surface area contributed by atoms with E-state index in [-0.39, 0.29) is 5.75 Å². The number of benzene rings is 3. The van der Waals surface area contributed by atoms with Crippen LogP contribution in [0.3, 0.4) is 0 Å². The van der Waals surface area contributed by atoms with Crippen LogP contribution in [0, 0.1) is 0 Å². The number of nitrogens with zero attached hydrogens (tertiary/aromatic N) is 1. The van der Waals surface area contributed by atoms with Gasteiger partial charge in [-0.25, -0.2) is 4.79 Å². The van der Waals surface area contributed by atoms with Gasteiger partial charge in [0.15, 0.2) is 0 Å². The smallest absolute Gasteiger partial charge is 0.380 e. The average Bonchev–Trinajstić information content (AvgIpc) is 2.85.